The number of hydrogen-bond donors (Lipinski definition) is 2. The number of rotatable bonds is 5. The molecule has 0 fully saturated rings. The smallest absolute Gasteiger partial charge is 0.382 e. The molecular formula is C6H9NO6. The summed E-state index contributed by atoms with van der Waals surface area (Å²) in [5.74, 6) is -2.88. The number of nitro groups is 1. The van der Waals surface area contributed by atoms with Crippen molar-refractivity contribution in [2.75, 3.05) is 0 Å². The van der Waals surface area contributed by atoms with Crippen molar-refractivity contribution in [2.45, 2.75) is 25.3 Å². The van der Waals surface area contributed by atoms with E-state index in [9.17, 15) is 19.7 Å². The first-order valence-corrected chi connectivity index (χ1v) is 3.40. The second-order valence-corrected chi connectivity index (χ2v) is 2.73. The van der Waals surface area contributed by atoms with Gasteiger partial charge in [-0.25, -0.2) is 4.79 Å². The third kappa shape index (κ3) is 2.69. The molecule has 7 nitrogen and oxygen atoms in total. The summed E-state index contributed by atoms with van der Waals surface area (Å²) in [7, 11) is 0. The van der Waals surface area contributed by atoms with E-state index in [0.29, 0.717) is 0 Å². The average Bonchev–Trinajstić information content (AvgIpc) is 1.99. The third-order valence-corrected chi connectivity index (χ3v) is 1.69. The van der Waals surface area contributed by atoms with E-state index in [1.54, 1.807) is 0 Å². The average molecular weight is 191 g/mol. The van der Waals surface area contributed by atoms with Crippen LogP contribution in [-0.2, 0) is 9.59 Å². The highest BCUT2D eigenvalue weighted by atomic mass is 16.6. The molecule has 0 rings (SSSR count). The van der Waals surface area contributed by atoms with E-state index >= 15 is 0 Å². The monoisotopic (exact) mass is 191 g/mol. The SMILES string of the molecule is CC(CCC(=O)O)(C(=O)O)[N+](=O)[O-]. The minimum absolute atomic E-state index is 0.523. The molecule has 1 unspecified atom stereocenters. The molecule has 74 valence electrons. The lowest BCUT2D eigenvalue weighted by Crippen LogP contribution is -2.43. The predicted molar refractivity (Wildman–Crippen MR) is 39.9 cm³/mol. The van der Waals surface area contributed by atoms with E-state index in [1.165, 1.54) is 0 Å². The summed E-state index contributed by atoms with van der Waals surface area (Å²) in [5, 5.41) is 27.0. The van der Waals surface area contributed by atoms with Gasteiger partial charge >= 0.3 is 17.5 Å². The molecule has 7 heteroatoms. The van der Waals surface area contributed by atoms with Gasteiger partial charge in [0.25, 0.3) is 0 Å². The van der Waals surface area contributed by atoms with Crippen LogP contribution in [0.1, 0.15) is 19.8 Å². The maximum Gasteiger partial charge on any atom is 0.382 e. The summed E-state index contributed by atoms with van der Waals surface area (Å²) in [6, 6.07) is 0. The molecular weight excluding hydrogens is 182 g/mol. The van der Waals surface area contributed by atoms with Gasteiger partial charge < -0.3 is 10.2 Å². The van der Waals surface area contributed by atoms with Crippen molar-refractivity contribution in [1.82, 2.24) is 0 Å². The minimum atomic E-state index is -2.21. The number of hydrogen-bond acceptors (Lipinski definition) is 4. The van der Waals surface area contributed by atoms with Crippen LogP contribution in [0.4, 0.5) is 0 Å². The van der Waals surface area contributed by atoms with E-state index < -0.39 is 35.2 Å². The van der Waals surface area contributed by atoms with Crippen LogP contribution in [0.25, 0.3) is 0 Å². The van der Waals surface area contributed by atoms with Crippen molar-refractivity contribution in [2.24, 2.45) is 0 Å². The lowest BCUT2D eigenvalue weighted by Gasteiger charge is -2.14. The largest absolute Gasteiger partial charge is 0.481 e. The maximum atomic E-state index is 10.4. The summed E-state index contributed by atoms with van der Waals surface area (Å²) in [6.45, 7) is 0.887. The zero-order valence-electron chi connectivity index (χ0n) is 6.89. The van der Waals surface area contributed by atoms with Gasteiger partial charge in [0.05, 0.1) is 6.42 Å². The Kier molecular flexibility index (Phi) is 3.34. The second-order valence-electron chi connectivity index (χ2n) is 2.73. The van der Waals surface area contributed by atoms with Crippen LogP contribution in [0.3, 0.4) is 0 Å². The van der Waals surface area contributed by atoms with Crippen molar-refractivity contribution in [3.05, 3.63) is 10.1 Å². The minimum Gasteiger partial charge on any atom is -0.481 e. The molecule has 0 aromatic carbocycles. The van der Waals surface area contributed by atoms with Crippen molar-refractivity contribution in [3.63, 3.8) is 0 Å². The summed E-state index contributed by atoms with van der Waals surface area (Å²) >= 11 is 0. The van der Waals surface area contributed by atoms with E-state index in [1.807, 2.05) is 0 Å². The normalized spacial score (nSPS) is 14.5. The van der Waals surface area contributed by atoms with Crippen molar-refractivity contribution < 1.29 is 24.7 Å². The van der Waals surface area contributed by atoms with Gasteiger partial charge in [-0.15, -0.1) is 0 Å². The predicted octanol–water partition coefficient (Wildman–Crippen LogP) is -0.0288. The summed E-state index contributed by atoms with van der Waals surface area (Å²) in [6.07, 6.45) is -1.06. The van der Waals surface area contributed by atoms with E-state index in [2.05, 4.69) is 0 Å². The quantitative estimate of drug-likeness (QED) is 0.465. The zero-order chi connectivity index (χ0) is 10.6. The first-order chi connectivity index (χ1) is 5.80. The Morgan fingerprint density at radius 1 is 1.46 bits per heavy atom. The van der Waals surface area contributed by atoms with Gasteiger partial charge in [0.2, 0.25) is 0 Å². The molecule has 0 amide bonds. The number of nitrogens with zero attached hydrogens (tertiary/aromatic N) is 1. The highest BCUT2D eigenvalue weighted by molar-refractivity contribution is 5.77. The molecule has 13 heavy (non-hydrogen) atoms. The fraction of sp³-hybridized carbons (Fsp3) is 0.667. The van der Waals surface area contributed by atoms with E-state index in [0.717, 1.165) is 6.92 Å². The maximum absolute atomic E-state index is 10.4. The molecule has 0 aromatic rings. The molecule has 0 aromatic heterocycles. The molecule has 0 aliphatic rings. The summed E-state index contributed by atoms with van der Waals surface area (Å²) in [5.41, 5.74) is -2.21. The fourth-order valence-electron chi connectivity index (χ4n) is 0.627. The molecule has 2 N–H and O–H groups in total. The highest BCUT2D eigenvalue weighted by Gasteiger charge is 2.46. The van der Waals surface area contributed by atoms with Crippen LogP contribution in [0.2, 0.25) is 0 Å². The molecule has 0 saturated heterocycles. The lowest BCUT2D eigenvalue weighted by atomic mass is 9.97. The standard InChI is InChI=1S/C6H9NO6/c1-6(5(10)11,7(12)13)3-2-4(8)9/h2-3H2,1H3,(H,8,9)(H,10,11). The fourth-order valence-corrected chi connectivity index (χ4v) is 0.627. The Morgan fingerprint density at radius 3 is 2.15 bits per heavy atom. The van der Waals surface area contributed by atoms with Gasteiger partial charge in [0.15, 0.2) is 0 Å². The number of carboxylic acids is 2. The molecule has 0 radical (unpaired) electrons. The van der Waals surface area contributed by atoms with Crippen molar-refractivity contribution >= 4 is 11.9 Å². The molecule has 0 saturated carbocycles. The number of carbonyl (C=O) groups is 2. The highest BCUT2D eigenvalue weighted by Crippen LogP contribution is 2.16. The van der Waals surface area contributed by atoms with Crippen LogP contribution in [0.5, 0.6) is 0 Å². The molecule has 0 spiro atoms. The van der Waals surface area contributed by atoms with Crippen LogP contribution < -0.4 is 0 Å². The molecule has 0 heterocycles. The van der Waals surface area contributed by atoms with Crippen molar-refractivity contribution in [1.29, 1.82) is 0 Å². The van der Waals surface area contributed by atoms with Crippen LogP contribution in [0.15, 0.2) is 0 Å². The molecule has 1 atom stereocenters. The summed E-state index contributed by atoms with van der Waals surface area (Å²) in [4.78, 5) is 29.8. The Bertz CT molecular complexity index is 234. The van der Waals surface area contributed by atoms with Gasteiger partial charge in [-0.3, -0.25) is 14.9 Å². The van der Waals surface area contributed by atoms with Gasteiger partial charge in [0, 0.05) is 18.3 Å². The molecule has 0 aliphatic heterocycles. The van der Waals surface area contributed by atoms with Crippen LogP contribution in [0, 0.1) is 10.1 Å². The first kappa shape index (κ1) is 11.3. The molecule has 0 bridgehead atoms. The second kappa shape index (κ2) is 3.83. The topological polar surface area (TPSA) is 118 Å². The first-order valence-electron chi connectivity index (χ1n) is 3.40. The Hall–Kier alpha value is -1.66. The van der Waals surface area contributed by atoms with Gasteiger partial charge in [0.1, 0.15) is 0 Å². The number of aliphatic carboxylic acids is 2. The van der Waals surface area contributed by atoms with Crippen LogP contribution in [-0.4, -0.2) is 32.6 Å². The summed E-state index contributed by atoms with van der Waals surface area (Å²) < 4.78 is 0. The van der Waals surface area contributed by atoms with E-state index in [4.69, 9.17) is 10.2 Å². The Labute approximate surface area is 73.1 Å². The van der Waals surface area contributed by atoms with E-state index in [-0.39, 0.29) is 0 Å². The number of carboxylic acid groups (broad SMARTS) is 2. The lowest BCUT2D eigenvalue weighted by molar-refractivity contribution is -0.551. The van der Waals surface area contributed by atoms with Gasteiger partial charge in [-0.1, -0.05) is 0 Å². The zero-order valence-corrected chi connectivity index (χ0v) is 6.89. The Morgan fingerprint density at radius 2 is 1.92 bits per heavy atom. The van der Waals surface area contributed by atoms with Crippen LogP contribution >= 0.6 is 0 Å². The third-order valence-electron chi connectivity index (χ3n) is 1.69. The molecule has 0 aliphatic carbocycles. The van der Waals surface area contributed by atoms with Gasteiger partial charge in [-0.2, -0.15) is 0 Å². The van der Waals surface area contributed by atoms with Gasteiger partial charge in [-0.05, 0) is 0 Å². The Balaban J connectivity index is 4.52. The van der Waals surface area contributed by atoms with Crippen molar-refractivity contribution in [3.8, 4) is 0 Å².